The van der Waals surface area contributed by atoms with Crippen molar-refractivity contribution in [2.24, 2.45) is 0 Å². The molecule has 7 heteroatoms. The summed E-state index contributed by atoms with van der Waals surface area (Å²) in [6.45, 7) is 5.45. The Labute approximate surface area is 158 Å². The Bertz CT molecular complexity index is 1080. The maximum atomic E-state index is 12.6. The molecule has 0 bridgehead atoms. The third kappa shape index (κ3) is 3.61. The zero-order valence-corrected chi connectivity index (χ0v) is 16.5. The standard InChI is InChI=1S/C20H22N2O4S/c1-13(2)22(4)27(24,25)16-11-9-15(10-12-16)21-20(23)19-14(3)17-7-5-6-8-18(17)26-19/h5-13H,1-4H3,(H,21,23). The highest BCUT2D eigenvalue weighted by Crippen LogP contribution is 2.26. The largest absolute Gasteiger partial charge is 0.451 e. The van der Waals surface area contributed by atoms with Gasteiger partial charge in [0.25, 0.3) is 5.91 Å². The van der Waals surface area contributed by atoms with Crippen LogP contribution >= 0.6 is 0 Å². The first-order valence-electron chi connectivity index (χ1n) is 8.59. The molecule has 3 rings (SSSR count). The fraction of sp³-hybridized carbons (Fsp3) is 0.250. The van der Waals surface area contributed by atoms with Gasteiger partial charge in [0.05, 0.1) is 4.90 Å². The Hall–Kier alpha value is -2.64. The molecule has 142 valence electrons. The van der Waals surface area contributed by atoms with Crippen molar-refractivity contribution in [3.63, 3.8) is 0 Å². The topological polar surface area (TPSA) is 79.6 Å². The van der Waals surface area contributed by atoms with E-state index in [-0.39, 0.29) is 22.6 Å². The normalized spacial score (nSPS) is 12.1. The molecule has 0 saturated carbocycles. The van der Waals surface area contributed by atoms with E-state index in [2.05, 4.69) is 5.32 Å². The van der Waals surface area contributed by atoms with E-state index in [1.807, 2.05) is 45.0 Å². The fourth-order valence-corrected chi connectivity index (χ4v) is 4.10. The predicted octanol–water partition coefficient (Wildman–Crippen LogP) is 4.02. The van der Waals surface area contributed by atoms with Crippen molar-refractivity contribution >= 4 is 32.6 Å². The summed E-state index contributed by atoms with van der Waals surface area (Å²) in [6.07, 6.45) is 0. The molecule has 0 aliphatic carbocycles. The van der Waals surface area contributed by atoms with E-state index in [1.165, 1.54) is 16.4 Å². The van der Waals surface area contributed by atoms with Crippen molar-refractivity contribution in [2.75, 3.05) is 12.4 Å². The quantitative estimate of drug-likeness (QED) is 0.718. The Morgan fingerprint density at radius 2 is 1.70 bits per heavy atom. The summed E-state index contributed by atoms with van der Waals surface area (Å²) in [5.41, 5.74) is 1.91. The van der Waals surface area contributed by atoms with Gasteiger partial charge in [0, 0.05) is 29.7 Å². The molecule has 0 fully saturated rings. The van der Waals surface area contributed by atoms with E-state index >= 15 is 0 Å². The van der Waals surface area contributed by atoms with Crippen molar-refractivity contribution < 1.29 is 17.6 Å². The Morgan fingerprint density at radius 3 is 2.30 bits per heavy atom. The second-order valence-corrected chi connectivity index (χ2v) is 8.64. The van der Waals surface area contributed by atoms with Crippen LogP contribution in [0.15, 0.2) is 57.8 Å². The SMILES string of the molecule is Cc1c(C(=O)Nc2ccc(S(=O)(=O)N(C)C(C)C)cc2)oc2ccccc12. The van der Waals surface area contributed by atoms with Gasteiger partial charge >= 0.3 is 0 Å². The highest BCUT2D eigenvalue weighted by atomic mass is 32.2. The van der Waals surface area contributed by atoms with E-state index in [9.17, 15) is 13.2 Å². The molecule has 3 aromatic rings. The number of benzene rings is 2. The summed E-state index contributed by atoms with van der Waals surface area (Å²) in [7, 11) is -2.02. The first-order chi connectivity index (χ1) is 12.7. The van der Waals surface area contributed by atoms with E-state index in [1.54, 1.807) is 19.2 Å². The number of hydrogen-bond acceptors (Lipinski definition) is 4. The van der Waals surface area contributed by atoms with Crippen LogP contribution in [0, 0.1) is 6.92 Å². The summed E-state index contributed by atoms with van der Waals surface area (Å²) < 4.78 is 32.0. The summed E-state index contributed by atoms with van der Waals surface area (Å²) in [6, 6.07) is 13.4. The Morgan fingerprint density at radius 1 is 1.07 bits per heavy atom. The highest BCUT2D eigenvalue weighted by Gasteiger charge is 2.23. The van der Waals surface area contributed by atoms with E-state index in [0.29, 0.717) is 11.3 Å². The summed E-state index contributed by atoms with van der Waals surface area (Å²) in [5, 5.41) is 3.64. The number of anilines is 1. The molecule has 0 saturated heterocycles. The third-order valence-corrected chi connectivity index (χ3v) is 6.61. The van der Waals surface area contributed by atoms with Crippen LogP contribution in [0.3, 0.4) is 0 Å². The number of hydrogen-bond donors (Lipinski definition) is 1. The first kappa shape index (κ1) is 19.1. The lowest BCUT2D eigenvalue weighted by Crippen LogP contribution is -2.33. The molecule has 6 nitrogen and oxygen atoms in total. The maximum Gasteiger partial charge on any atom is 0.291 e. The molecule has 0 aliphatic rings. The van der Waals surface area contributed by atoms with Gasteiger partial charge in [-0.15, -0.1) is 0 Å². The molecule has 0 unspecified atom stereocenters. The Balaban J connectivity index is 1.82. The molecule has 1 N–H and O–H groups in total. The number of aryl methyl sites for hydroxylation is 1. The van der Waals surface area contributed by atoms with Crippen LogP contribution in [0.4, 0.5) is 5.69 Å². The van der Waals surface area contributed by atoms with Gasteiger partial charge in [-0.3, -0.25) is 4.79 Å². The average Bonchev–Trinajstić information content (AvgIpc) is 2.98. The van der Waals surface area contributed by atoms with Crippen molar-refractivity contribution in [1.29, 1.82) is 0 Å². The monoisotopic (exact) mass is 386 g/mol. The zero-order valence-electron chi connectivity index (χ0n) is 15.7. The zero-order chi connectivity index (χ0) is 19.8. The molecular formula is C20H22N2O4S. The number of carbonyl (C=O) groups is 1. The second-order valence-electron chi connectivity index (χ2n) is 6.65. The van der Waals surface area contributed by atoms with Crippen molar-refractivity contribution in [2.45, 2.75) is 31.7 Å². The van der Waals surface area contributed by atoms with Gasteiger partial charge in [-0.1, -0.05) is 18.2 Å². The number of sulfonamides is 1. The lowest BCUT2D eigenvalue weighted by atomic mass is 10.1. The van der Waals surface area contributed by atoms with Crippen LogP contribution in [0.2, 0.25) is 0 Å². The first-order valence-corrected chi connectivity index (χ1v) is 10.0. The van der Waals surface area contributed by atoms with Gasteiger partial charge in [0.1, 0.15) is 5.58 Å². The van der Waals surface area contributed by atoms with Gasteiger partial charge in [-0.05, 0) is 51.1 Å². The molecule has 0 atom stereocenters. The minimum absolute atomic E-state index is 0.148. The lowest BCUT2D eigenvalue weighted by Gasteiger charge is -2.21. The summed E-state index contributed by atoms with van der Waals surface area (Å²) in [4.78, 5) is 12.7. The fourth-order valence-electron chi connectivity index (χ4n) is 2.73. The molecule has 27 heavy (non-hydrogen) atoms. The smallest absolute Gasteiger partial charge is 0.291 e. The summed E-state index contributed by atoms with van der Waals surface area (Å²) in [5.74, 6) is -0.133. The van der Waals surface area contributed by atoms with Crippen LogP contribution in [0.25, 0.3) is 11.0 Å². The molecule has 0 aliphatic heterocycles. The number of carbonyl (C=O) groups excluding carboxylic acids is 1. The van der Waals surface area contributed by atoms with Gasteiger partial charge in [0.15, 0.2) is 5.76 Å². The molecule has 1 amide bonds. The predicted molar refractivity (Wildman–Crippen MR) is 105 cm³/mol. The Kier molecular flexibility index (Phi) is 5.08. The van der Waals surface area contributed by atoms with Gasteiger partial charge < -0.3 is 9.73 Å². The molecule has 1 aromatic heterocycles. The molecule has 2 aromatic carbocycles. The van der Waals surface area contributed by atoms with Crippen molar-refractivity contribution in [1.82, 2.24) is 4.31 Å². The van der Waals surface area contributed by atoms with Crippen LogP contribution in [0.1, 0.15) is 30.0 Å². The van der Waals surface area contributed by atoms with Crippen molar-refractivity contribution in [3.05, 3.63) is 59.9 Å². The number of para-hydroxylation sites is 1. The number of furan rings is 1. The number of nitrogens with one attached hydrogen (secondary N) is 1. The van der Waals surface area contributed by atoms with Gasteiger partial charge in [0.2, 0.25) is 10.0 Å². The molecule has 0 spiro atoms. The van der Waals surface area contributed by atoms with Gasteiger partial charge in [-0.2, -0.15) is 4.31 Å². The highest BCUT2D eigenvalue weighted by molar-refractivity contribution is 7.89. The van der Waals surface area contributed by atoms with Gasteiger partial charge in [-0.25, -0.2) is 8.42 Å². The third-order valence-electron chi connectivity index (χ3n) is 4.57. The van der Waals surface area contributed by atoms with Crippen LogP contribution in [0.5, 0.6) is 0 Å². The number of fused-ring (bicyclic) bond motifs is 1. The second kappa shape index (κ2) is 7.17. The van der Waals surface area contributed by atoms with Crippen LogP contribution in [-0.2, 0) is 10.0 Å². The van der Waals surface area contributed by atoms with E-state index in [0.717, 1.165) is 10.9 Å². The number of amides is 1. The summed E-state index contributed by atoms with van der Waals surface area (Å²) >= 11 is 0. The minimum Gasteiger partial charge on any atom is -0.451 e. The number of rotatable bonds is 5. The minimum atomic E-state index is -3.56. The molecular weight excluding hydrogens is 364 g/mol. The van der Waals surface area contributed by atoms with Crippen LogP contribution in [-0.4, -0.2) is 31.7 Å². The van der Waals surface area contributed by atoms with E-state index < -0.39 is 10.0 Å². The number of nitrogens with zero attached hydrogens (tertiary/aromatic N) is 1. The molecule has 1 heterocycles. The van der Waals surface area contributed by atoms with E-state index in [4.69, 9.17) is 4.42 Å². The molecule has 0 radical (unpaired) electrons. The lowest BCUT2D eigenvalue weighted by molar-refractivity contribution is 0.0998. The van der Waals surface area contributed by atoms with Crippen LogP contribution < -0.4 is 5.32 Å². The maximum absolute atomic E-state index is 12.6. The van der Waals surface area contributed by atoms with Crippen molar-refractivity contribution in [3.8, 4) is 0 Å². The average molecular weight is 386 g/mol.